The second kappa shape index (κ2) is 7.96. The topological polar surface area (TPSA) is 20.2 Å². The Bertz CT molecular complexity index is 1520. The Morgan fingerprint density at radius 1 is 0.529 bits per heavy atom. The number of hydrogen-bond donors (Lipinski definition) is 1. The Hall–Kier alpha value is -4.24. The fourth-order valence-electron chi connectivity index (χ4n) is 5.00. The van der Waals surface area contributed by atoms with Crippen LogP contribution in [-0.2, 0) is 6.42 Å². The summed E-state index contributed by atoms with van der Waals surface area (Å²) in [6.07, 6.45) is 0.777. The standard InChI is InChI=1S/C31H20F2O/c32-23-11-5-19(6-12-23)27-18-28-26-4-2-1-3-22(26)17-29(28)31(21-9-15-25(34)16-10-21)30(27)20-7-13-24(33)14-8-20/h1-16,18,34H,17H2. The van der Waals surface area contributed by atoms with Gasteiger partial charge in [-0.25, -0.2) is 8.78 Å². The van der Waals surface area contributed by atoms with Crippen LogP contribution in [0.25, 0.3) is 44.5 Å². The van der Waals surface area contributed by atoms with E-state index in [4.69, 9.17) is 0 Å². The molecule has 0 unspecified atom stereocenters. The van der Waals surface area contributed by atoms with Crippen LogP contribution in [-0.4, -0.2) is 5.11 Å². The van der Waals surface area contributed by atoms with Crippen molar-refractivity contribution in [3.63, 3.8) is 0 Å². The quantitative estimate of drug-likeness (QED) is 0.290. The highest BCUT2D eigenvalue weighted by Crippen LogP contribution is 2.50. The number of fused-ring (bicyclic) bond motifs is 3. The molecule has 0 fully saturated rings. The van der Waals surface area contributed by atoms with Crippen molar-refractivity contribution in [3.8, 4) is 50.3 Å². The Balaban J connectivity index is 1.75. The zero-order valence-electron chi connectivity index (χ0n) is 18.2. The van der Waals surface area contributed by atoms with Crippen LogP contribution >= 0.6 is 0 Å². The van der Waals surface area contributed by atoms with Crippen LogP contribution in [0, 0.1) is 11.6 Å². The largest absolute Gasteiger partial charge is 0.508 e. The van der Waals surface area contributed by atoms with Crippen molar-refractivity contribution >= 4 is 0 Å². The van der Waals surface area contributed by atoms with Gasteiger partial charge in [-0.1, -0.05) is 60.7 Å². The smallest absolute Gasteiger partial charge is 0.123 e. The first-order chi connectivity index (χ1) is 16.6. The predicted octanol–water partition coefficient (Wildman–Crippen LogP) is 8.24. The molecule has 1 N–H and O–H groups in total. The number of phenolic OH excluding ortho intramolecular Hbond substituents is 1. The number of phenols is 1. The van der Waals surface area contributed by atoms with E-state index in [0.29, 0.717) is 0 Å². The molecule has 0 aliphatic heterocycles. The van der Waals surface area contributed by atoms with E-state index in [1.54, 1.807) is 36.4 Å². The lowest BCUT2D eigenvalue weighted by Crippen LogP contribution is -1.97. The Morgan fingerprint density at radius 2 is 1.09 bits per heavy atom. The number of hydrogen-bond acceptors (Lipinski definition) is 1. The molecular weight excluding hydrogens is 426 g/mol. The summed E-state index contributed by atoms with van der Waals surface area (Å²) >= 11 is 0. The molecule has 0 aromatic heterocycles. The van der Waals surface area contributed by atoms with E-state index in [2.05, 4.69) is 18.2 Å². The van der Waals surface area contributed by atoms with Crippen molar-refractivity contribution < 1.29 is 13.9 Å². The summed E-state index contributed by atoms with van der Waals surface area (Å²) in [5, 5.41) is 9.94. The highest BCUT2D eigenvalue weighted by atomic mass is 19.1. The molecule has 0 atom stereocenters. The summed E-state index contributed by atoms with van der Waals surface area (Å²) in [6.45, 7) is 0. The van der Waals surface area contributed by atoms with Gasteiger partial charge in [0.25, 0.3) is 0 Å². The average Bonchev–Trinajstić information content (AvgIpc) is 3.23. The van der Waals surface area contributed by atoms with Gasteiger partial charge in [0.1, 0.15) is 17.4 Å². The monoisotopic (exact) mass is 446 g/mol. The second-order valence-electron chi connectivity index (χ2n) is 8.59. The van der Waals surface area contributed by atoms with E-state index in [-0.39, 0.29) is 17.4 Å². The fourth-order valence-corrected chi connectivity index (χ4v) is 5.00. The molecule has 0 bridgehead atoms. The molecule has 1 nitrogen and oxygen atoms in total. The first-order valence-electron chi connectivity index (χ1n) is 11.2. The van der Waals surface area contributed by atoms with E-state index >= 15 is 0 Å². The first kappa shape index (κ1) is 20.4. The van der Waals surface area contributed by atoms with Crippen molar-refractivity contribution in [2.45, 2.75) is 6.42 Å². The van der Waals surface area contributed by atoms with Gasteiger partial charge < -0.3 is 5.11 Å². The van der Waals surface area contributed by atoms with Gasteiger partial charge in [0.15, 0.2) is 0 Å². The van der Waals surface area contributed by atoms with Crippen molar-refractivity contribution in [2.24, 2.45) is 0 Å². The zero-order valence-corrected chi connectivity index (χ0v) is 18.2. The van der Waals surface area contributed by atoms with Crippen molar-refractivity contribution in [1.29, 1.82) is 0 Å². The molecule has 34 heavy (non-hydrogen) atoms. The molecule has 1 aliphatic carbocycles. The Morgan fingerprint density at radius 3 is 1.76 bits per heavy atom. The summed E-state index contributed by atoms with van der Waals surface area (Å²) in [6, 6.07) is 30.7. The average molecular weight is 446 g/mol. The summed E-state index contributed by atoms with van der Waals surface area (Å²) < 4.78 is 27.7. The van der Waals surface area contributed by atoms with E-state index in [9.17, 15) is 13.9 Å². The van der Waals surface area contributed by atoms with Crippen molar-refractivity contribution in [2.75, 3.05) is 0 Å². The molecule has 0 heterocycles. The third-order valence-corrected chi connectivity index (χ3v) is 6.55. The molecule has 6 rings (SSSR count). The lowest BCUT2D eigenvalue weighted by atomic mass is 9.82. The Kier molecular flexibility index (Phi) is 4.77. The van der Waals surface area contributed by atoms with Gasteiger partial charge in [-0.05, 0) is 105 Å². The van der Waals surface area contributed by atoms with Gasteiger partial charge in [0, 0.05) is 0 Å². The van der Waals surface area contributed by atoms with Gasteiger partial charge in [-0.15, -0.1) is 0 Å². The van der Waals surface area contributed by atoms with Gasteiger partial charge in [0.05, 0.1) is 0 Å². The van der Waals surface area contributed by atoms with Crippen molar-refractivity contribution in [1.82, 2.24) is 0 Å². The predicted molar refractivity (Wildman–Crippen MR) is 133 cm³/mol. The minimum absolute atomic E-state index is 0.196. The number of benzene rings is 5. The molecule has 3 heteroatoms. The summed E-state index contributed by atoms with van der Waals surface area (Å²) in [7, 11) is 0. The molecule has 0 amide bonds. The third kappa shape index (κ3) is 3.37. The number of rotatable bonds is 3. The maximum absolute atomic E-state index is 13.9. The summed E-state index contributed by atoms with van der Waals surface area (Å²) in [5.41, 5.74) is 10.4. The van der Waals surface area contributed by atoms with Crippen molar-refractivity contribution in [3.05, 3.63) is 126 Å². The molecule has 164 valence electrons. The molecular formula is C31H20F2O. The fraction of sp³-hybridized carbons (Fsp3) is 0.0323. The van der Waals surface area contributed by atoms with Gasteiger partial charge in [-0.2, -0.15) is 0 Å². The summed E-state index contributed by atoms with van der Waals surface area (Å²) in [4.78, 5) is 0. The SMILES string of the molecule is Oc1ccc(-c2c3c(cc(-c4ccc(F)cc4)c2-c2ccc(F)cc2)-c2ccccc2C3)cc1. The van der Waals surface area contributed by atoms with Gasteiger partial charge in [0.2, 0.25) is 0 Å². The molecule has 1 aliphatic rings. The Labute approximate surface area is 196 Å². The van der Waals surface area contributed by atoms with Crippen LogP contribution < -0.4 is 0 Å². The van der Waals surface area contributed by atoms with E-state index in [1.807, 2.05) is 24.3 Å². The normalized spacial score (nSPS) is 11.8. The van der Waals surface area contributed by atoms with E-state index < -0.39 is 0 Å². The van der Waals surface area contributed by atoms with Gasteiger partial charge >= 0.3 is 0 Å². The molecule has 0 saturated heterocycles. The maximum atomic E-state index is 13.9. The van der Waals surface area contributed by atoms with Crippen LogP contribution in [0.4, 0.5) is 8.78 Å². The number of aromatic hydroxyl groups is 1. The third-order valence-electron chi connectivity index (χ3n) is 6.55. The minimum atomic E-state index is -0.299. The lowest BCUT2D eigenvalue weighted by molar-refractivity contribution is 0.475. The first-order valence-corrected chi connectivity index (χ1v) is 11.2. The van der Waals surface area contributed by atoms with Crippen LogP contribution in [0.1, 0.15) is 11.1 Å². The van der Waals surface area contributed by atoms with Gasteiger partial charge in [-0.3, -0.25) is 0 Å². The van der Waals surface area contributed by atoms with E-state index in [0.717, 1.165) is 45.4 Å². The summed E-state index contributed by atoms with van der Waals surface area (Å²) in [5.74, 6) is -0.397. The van der Waals surface area contributed by atoms with Crippen LogP contribution in [0.15, 0.2) is 103 Å². The molecule has 0 spiro atoms. The van der Waals surface area contributed by atoms with E-state index in [1.165, 1.54) is 41.0 Å². The number of halogens is 2. The molecule has 0 radical (unpaired) electrons. The molecule has 5 aromatic carbocycles. The zero-order chi connectivity index (χ0) is 23.2. The lowest BCUT2D eigenvalue weighted by Gasteiger charge is -2.21. The maximum Gasteiger partial charge on any atom is 0.123 e. The van der Waals surface area contributed by atoms with Crippen LogP contribution in [0.5, 0.6) is 5.75 Å². The minimum Gasteiger partial charge on any atom is -0.508 e. The second-order valence-corrected chi connectivity index (χ2v) is 8.59. The van der Waals surface area contributed by atoms with Crippen LogP contribution in [0.3, 0.4) is 0 Å². The highest BCUT2D eigenvalue weighted by molar-refractivity contribution is 6.01. The van der Waals surface area contributed by atoms with Crippen LogP contribution in [0.2, 0.25) is 0 Å². The molecule has 0 saturated carbocycles. The highest BCUT2D eigenvalue weighted by Gasteiger charge is 2.27. The molecule has 5 aromatic rings.